The zero-order valence-electron chi connectivity index (χ0n) is 17.7. The van der Waals surface area contributed by atoms with E-state index in [9.17, 15) is 9.59 Å². The Balaban J connectivity index is 2.32. The molecule has 5 heteroatoms. The van der Waals surface area contributed by atoms with Crippen LogP contribution in [0.25, 0.3) is 0 Å². The molecule has 0 fully saturated rings. The van der Waals surface area contributed by atoms with Gasteiger partial charge >= 0.3 is 11.9 Å². The van der Waals surface area contributed by atoms with Crippen molar-refractivity contribution in [1.29, 1.82) is 0 Å². The van der Waals surface area contributed by atoms with E-state index in [0.717, 1.165) is 22.5 Å². The lowest BCUT2D eigenvalue weighted by atomic mass is 10.0. The third-order valence-corrected chi connectivity index (χ3v) is 4.82. The summed E-state index contributed by atoms with van der Waals surface area (Å²) in [6, 6.07) is 3.98. The molecule has 5 nitrogen and oxygen atoms in total. The summed E-state index contributed by atoms with van der Waals surface area (Å²) < 4.78 is 5.25. The standard InChI is InChI=1S/C22H32N2O3/c1-11(2)15-9-17(13(5)6)23-19(15)21(25)27-22(26)20-16(12(3)4)10-18(24-20)14(7)8/h9-14,23-24H,1-8H3. The fourth-order valence-corrected chi connectivity index (χ4v) is 3.04. The van der Waals surface area contributed by atoms with Crippen LogP contribution in [-0.2, 0) is 4.74 Å². The molecule has 2 N–H and O–H groups in total. The predicted molar refractivity (Wildman–Crippen MR) is 108 cm³/mol. The molecular weight excluding hydrogens is 340 g/mol. The Kier molecular flexibility index (Phi) is 6.34. The minimum atomic E-state index is -0.633. The fourth-order valence-electron chi connectivity index (χ4n) is 3.04. The van der Waals surface area contributed by atoms with Gasteiger partial charge in [-0.3, -0.25) is 0 Å². The largest absolute Gasteiger partial charge is 0.383 e. The van der Waals surface area contributed by atoms with Crippen molar-refractivity contribution in [3.05, 3.63) is 46.0 Å². The second-order valence-electron chi connectivity index (χ2n) is 8.41. The number of H-pyrrole nitrogens is 2. The highest BCUT2D eigenvalue weighted by atomic mass is 16.6. The van der Waals surface area contributed by atoms with Crippen molar-refractivity contribution in [2.75, 3.05) is 0 Å². The van der Waals surface area contributed by atoms with Crippen LogP contribution in [0.5, 0.6) is 0 Å². The molecule has 0 bridgehead atoms. The molecule has 0 amide bonds. The summed E-state index contributed by atoms with van der Waals surface area (Å²) in [7, 11) is 0. The van der Waals surface area contributed by atoms with E-state index in [2.05, 4.69) is 37.7 Å². The van der Waals surface area contributed by atoms with Crippen molar-refractivity contribution in [3.63, 3.8) is 0 Å². The number of rotatable bonds is 6. The Hall–Kier alpha value is -2.30. The van der Waals surface area contributed by atoms with Gasteiger partial charge in [0.15, 0.2) is 0 Å². The predicted octanol–water partition coefficient (Wildman–Crippen LogP) is 5.83. The number of carbonyl (C=O) groups excluding carboxylic acids is 2. The average Bonchev–Trinajstić information content (AvgIpc) is 3.19. The van der Waals surface area contributed by atoms with E-state index >= 15 is 0 Å². The molecule has 2 aromatic heterocycles. The zero-order valence-corrected chi connectivity index (χ0v) is 17.7. The van der Waals surface area contributed by atoms with Gasteiger partial charge in [-0.15, -0.1) is 0 Å². The van der Waals surface area contributed by atoms with Gasteiger partial charge in [0.1, 0.15) is 11.4 Å². The molecule has 0 aromatic carbocycles. The van der Waals surface area contributed by atoms with E-state index in [1.807, 2.05) is 39.8 Å². The maximum atomic E-state index is 12.7. The van der Waals surface area contributed by atoms with Gasteiger partial charge in [-0.2, -0.15) is 0 Å². The SMILES string of the molecule is CC(C)c1cc(C(C)C)c(C(=O)OC(=O)c2[nH]c(C(C)C)cc2C(C)C)[nH]1. The van der Waals surface area contributed by atoms with E-state index in [-0.39, 0.29) is 23.7 Å². The van der Waals surface area contributed by atoms with Crippen molar-refractivity contribution in [2.45, 2.75) is 79.1 Å². The summed E-state index contributed by atoms with van der Waals surface area (Å²) in [5, 5.41) is 0. The molecule has 0 unspecified atom stereocenters. The fraction of sp³-hybridized carbons (Fsp3) is 0.545. The number of aromatic amines is 2. The van der Waals surface area contributed by atoms with Crippen LogP contribution in [0.4, 0.5) is 0 Å². The van der Waals surface area contributed by atoms with Crippen molar-refractivity contribution >= 4 is 11.9 Å². The quantitative estimate of drug-likeness (QED) is 0.494. The van der Waals surface area contributed by atoms with Crippen LogP contribution in [0.1, 0.15) is 123 Å². The molecule has 2 rings (SSSR count). The molecular formula is C22H32N2O3. The topological polar surface area (TPSA) is 75.0 Å². The monoisotopic (exact) mass is 372 g/mol. The summed E-state index contributed by atoms with van der Waals surface area (Å²) in [6.45, 7) is 16.3. The Morgan fingerprint density at radius 1 is 0.667 bits per heavy atom. The number of hydrogen-bond acceptors (Lipinski definition) is 3. The highest BCUT2D eigenvalue weighted by Gasteiger charge is 2.26. The zero-order chi connectivity index (χ0) is 20.5. The molecule has 0 aliphatic carbocycles. The number of hydrogen-bond donors (Lipinski definition) is 2. The van der Waals surface area contributed by atoms with Gasteiger partial charge in [0, 0.05) is 11.4 Å². The van der Waals surface area contributed by atoms with Crippen molar-refractivity contribution < 1.29 is 14.3 Å². The first-order valence-corrected chi connectivity index (χ1v) is 9.74. The normalized spacial score (nSPS) is 11.9. The minimum Gasteiger partial charge on any atom is -0.383 e. The average molecular weight is 373 g/mol. The first kappa shape index (κ1) is 21.0. The first-order valence-electron chi connectivity index (χ1n) is 9.74. The van der Waals surface area contributed by atoms with Crippen LogP contribution in [0.2, 0.25) is 0 Å². The molecule has 0 saturated heterocycles. The molecule has 0 aliphatic rings. The second kappa shape index (κ2) is 8.15. The van der Waals surface area contributed by atoms with E-state index < -0.39 is 11.9 Å². The van der Waals surface area contributed by atoms with Gasteiger partial charge in [-0.25, -0.2) is 9.59 Å². The highest BCUT2D eigenvalue weighted by molar-refractivity contribution is 6.02. The maximum absolute atomic E-state index is 12.7. The van der Waals surface area contributed by atoms with E-state index in [1.165, 1.54) is 0 Å². The third kappa shape index (κ3) is 4.52. The highest BCUT2D eigenvalue weighted by Crippen LogP contribution is 2.27. The number of aromatic nitrogens is 2. The molecule has 2 aromatic rings. The van der Waals surface area contributed by atoms with Gasteiger partial charge in [-0.05, 0) is 46.9 Å². The molecule has 2 heterocycles. The van der Waals surface area contributed by atoms with E-state index in [4.69, 9.17) is 4.74 Å². The second-order valence-corrected chi connectivity index (χ2v) is 8.41. The molecule has 27 heavy (non-hydrogen) atoms. The van der Waals surface area contributed by atoms with Crippen LogP contribution < -0.4 is 0 Å². The Labute approximate surface area is 161 Å². The van der Waals surface area contributed by atoms with Crippen molar-refractivity contribution in [3.8, 4) is 0 Å². The van der Waals surface area contributed by atoms with Crippen LogP contribution >= 0.6 is 0 Å². The first-order chi connectivity index (χ1) is 12.5. The molecule has 0 atom stereocenters. The maximum Gasteiger partial charge on any atom is 0.362 e. The van der Waals surface area contributed by atoms with Crippen LogP contribution in [0.15, 0.2) is 12.1 Å². The van der Waals surface area contributed by atoms with Crippen LogP contribution in [0.3, 0.4) is 0 Å². The van der Waals surface area contributed by atoms with E-state index in [1.54, 1.807) is 0 Å². The summed E-state index contributed by atoms with van der Waals surface area (Å²) in [5.74, 6) is -0.461. The molecule has 0 saturated carbocycles. The van der Waals surface area contributed by atoms with Crippen LogP contribution in [-0.4, -0.2) is 21.9 Å². The van der Waals surface area contributed by atoms with Gasteiger partial charge < -0.3 is 14.7 Å². The molecule has 0 aliphatic heterocycles. The number of esters is 2. The Bertz CT molecular complexity index is 754. The number of ether oxygens (including phenoxy) is 1. The molecule has 0 spiro atoms. The van der Waals surface area contributed by atoms with Crippen molar-refractivity contribution in [2.24, 2.45) is 0 Å². The lowest BCUT2D eigenvalue weighted by Crippen LogP contribution is -2.17. The lowest BCUT2D eigenvalue weighted by molar-refractivity contribution is 0.0388. The van der Waals surface area contributed by atoms with Crippen molar-refractivity contribution in [1.82, 2.24) is 9.97 Å². The van der Waals surface area contributed by atoms with E-state index in [0.29, 0.717) is 11.4 Å². The molecule has 148 valence electrons. The third-order valence-electron chi connectivity index (χ3n) is 4.82. The lowest BCUT2D eigenvalue weighted by Gasteiger charge is -2.08. The summed E-state index contributed by atoms with van der Waals surface area (Å²) >= 11 is 0. The van der Waals surface area contributed by atoms with Gasteiger partial charge in [0.2, 0.25) is 0 Å². The molecule has 0 radical (unpaired) electrons. The smallest absolute Gasteiger partial charge is 0.362 e. The van der Waals surface area contributed by atoms with Crippen LogP contribution in [0, 0.1) is 0 Å². The Morgan fingerprint density at radius 2 is 1.00 bits per heavy atom. The van der Waals surface area contributed by atoms with Gasteiger partial charge in [0.05, 0.1) is 0 Å². The minimum absolute atomic E-state index is 0.149. The number of carbonyl (C=O) groups is 2. The van der Waals surface area contributed by atoms with Gasteiger partial charge in [0.25, 0.3) is 0 Å². The summed E-state index contributed by atoms with van der Waals surface area (Å²) in [6.07, 6.45) is 0. The van der Waals surface area contributed by atoms with Gasteiger partial charge in [-0.1, -0.05) is 55.4 Å². The summed E-state index contributed by atoms with van der Waals surface area (Å²) in [4.78, 5) is 31.7. The Morgan fingerprint density at radius 3 is 1.26 bits per heavy atom. The summed E-state index contributed by atoms with van der Waals surface area (Å²) in [5.41, 5.74) is 4.39. The number of nitrogens with one attached hydrogen (secondary N) is 2.